The molecule has 0 saturated carbocycles. The summed E-state index contributed by atoms with van der Waals surface area (Å²) < 4.78 is 0. The van der Waals surface area contributed by atoms with Gasteiger partial charge in [-0.25, -0.2) is 0 Å². The highest BCUT2D eigenvalue weighted by molar-refractivity contribution is 5.94. The molecule has 0 bridgehead atoms. The van der Waals surface area contributed by atoms with Crippen LogP contribution in [0.5, 0.6) is 0 Å². The highest BCUT2D eigenvalue weighted by atomic mass is 16.3. The molecule has 2 amide bonds. The van der Waals surface area contributed by atoms with Crippen molar-refractivity contribution in [2.75, 3.05) is 17.2 Å². The van der Waals surface area contributed by atoms with E-state index in [1.165, 1.54) is 0 Å². The molecule has 0 saturated heterocycles. The van der Waals surface area contributed by atoms with E-state index in [0.29, 0.717) is 24.2 Å². The van der Waals surface area contributed by atoms with E-state index in [9.17, 15) is 9.59 Å². The Labute approximate surface area is 135 Å². The SMILES string of the molecule is O=C(CCCO)Nc1cccc(NC(=O)Cc2ccccc2)c1. The van der Waals surface area contributed by atoms with Crippen molar-refractivity contribution in [3.05, 3.63) is 60.2 Å². The number of carbonyl (C=O) groups excluding carboxylic acids is 2. The Hall–Kier alpha value is -2.66. The molecular formula is C18H20N2O3. The molecule has 0 radical (unpaired) electrons. The van der Waals surface area contributed by atoms with Gasteiger partial charge in [0.2, 0.25) is 11.8 Å². The van der Waals surface area contributed by atoms with Gasteiger partial charge in [0, 0.05) is 24.4 Å². The Bertz CT molecular complexity index is 656. The van der Waals surface area contributed by atoms with Crippen LogP contribution in [0.1, 0.15) is 18.4 Å². The van der Waals surface area contributed by atoms with Gasteiger partial charge in [-0.1, -0.05) is 36.4 Å². The van der Waals surface area contributed by atoms with E-state index in [-0.39, 0.29) is 24.8 Å². The molecule has 2 aromatic rings. The van der Waals surface area contributed by atoms with Crippen LogP contribution in [0, 0.1) is 0 Å². The van der Waals surface area contributed by atoms with Gasteiger partial charge in [0.15, 0.2) is 0 Å². The van der Waals surface area contributed by atoms with Crippen molar-refractivity contribution < 1.29 is 14.7 Å². The zero-order valence-electron chi connectivity index (χ0n) is 12.8. The summed E-state index contributed by atoms with van der Waals surface area (Å²) in [6.07, 6.45) is 0.994. The fraction of sp³-hybridized carbons (Fsp3) is 0.222. The van der Waals surface area contributed by atoms with Crippen LogP contribution in [0.4, 0.5) is 11.4 Å². The molecule has 0 unspecified atom stereocenters. The Morgan fingerprint density at radius 1 is 0.870 bits per heavy atom. The Morgan fingerprint density at radius 3 is 2.17 bits per heavy atom. The molecule has 2 rings (SSSR count). The number of hydrogen-bond donors (Lipinski definition) is 3. The number of carbonyl (C=O) groups is 2. The molecule has 120 valence electrons. The number of hydrogen-bond acceptors (Lipinski definition) is 3. The van der Waals surface area contributed by atoms with Gasteiger partial charge in [0.1, 0.15) is 0 Å². The van der Waals surface area contributed by atoms with Gasteiger partial charge in [-0.15, -0.1) is 0 Å². The molecule has 0 heterocycles. The Balaban J connectivity index is 1.91. The quantitative estimate of drug-likeness (QED) is 0.735. The minimum atomic E-state index is -0.160. The lowest BCUT2D eigenvalue weighted by molar-refractivity contribution is -0.116. The van der Waals surface area contributed by atoms with Crippen molar-refractivity contribution in [3.63, 3.8) is 0 Å². The third-order valence-electron chi connectivity index (χ3n) is 3.20. The molecule has 2 aromatic carbocycles. The molecule has 23 heavy (non-hydrogen) atoms. The van der Waals surface area contributed by atoms with Crippen LogP contribution in [-0.2, 0) is 16.0 Å². The summed E-state index contributed by atoms with van der Waals surface area (Å²) in [4.78, 5) is 23.7. The van der Waals surface area contributed by atoms with Crippen LogP contribution in [0.15, 0.2) is 54.6 Å². The minimum Gasteiger partial charge on any atom is -0.396 e. The largest absolute Gasteiger partial charge is 0.396 e. The normalized spacial score (nSPS) is 10.1. The number of aliphatic hydroxyl groups is 1. The molecule has 0 fully saturated rings. The number of aliphatic hydroxyl groups excluding tert-OH is 1. The topological polar surface area (TPSA) is 78.4 Å². The molecular weight excluding hydrogens is 292 g/mol. The van der Waals surface area contributed by atoms with Gasteiger partial charge in [-0.2, -0.15) is 0 Å². The van der Waals surface area contributed by atoms with Crippen molar-refractivity contribution in [2.24, 2.45) is 0 Å². The van der Waals surface area contributed by atoms with E-state index in [0.717, 1.165) is 5.56 Å². The summed E-state index contributed by atoms with van der Waals surface area (Å²) in [5.74, 6) is -0.272. The fourth-order valence-corrected chi connectivity index (χ4v) is 2.12. The van der Waals surface area contributed by atoms with Gasteiger partial charge in [-0.3, -0.25) is 9.59 Å². The first-order valence-electron chi connectivity index (χ1n) is 7.52. The highest BCUT2D eigenvalue weighted by Gasteiger charge is 2.06. The predicted octanol–water partition coefficient (Wildman–Crippen LogP) is 2.58. The zero-order valence-corrected chi connectivity index (χ0v) is 12.8. The van der Waals surface area contributed by atoms with Gasteiger partial charge in [0.05, 0.1) is 6.42 Å². The van der Waals surface area contributed by atoms with Crippen molar-refractivity contribution in [2.45, 2.75) is 19.3 Å². The molecule has 5 nitrogen and oxygen atoms in total. The summed E-state index contributed by atoms with van der Waals surface area (Å²) in [7, 11) is 0. The van der Waals surface area contributed by atoms with Crippen LogP contribution in [0.3, 0.4) is 0 Å². The third-order valence-corrected chi connectivity index (χ3v) is 3.20. The molecule has 0 aliphatic rings. The van der Waals surface area contributed by atoms with Gasteiger partial charge < -0.3 is 15.7 Å². The van der Waals surface area contributed by atoms with Crippen molar-refractivity contribution in [1.29, 1.82) is 0 Å². The van der Waals surface area contributed by atoms with Crippen LogP contribution >= 0.6 is 0 Å². The second-order valence-electron chi connectivity index (χ2n) is 5.17. The lowest BCUT2D eigenvalue weighted by Gasteiger charge is -2.09. The van der Waals surface area contributed by atoms with Crippen LogP contribution in [0.2, 0.25) is 0 Å². The molecule has 0 atom stereocenters. The Morgan fingerprint density at radius 2 is 1.52 bits per heavy atom. The van der Waals surface area contributed by atoms with Gasteiger partial charge in [-0.05, 0) is 30.2 Å². The van der Waals surface area contributed by atoms with Gasteiger partial charge in [0.25, 0.3) is 0 Å². The maximum absolute atomic E-state index is 12.0. The van der Waals surface area contributed by atoms with E-state index < -0.39 is 0 Å². The maximum atomic E-state index is 12.0. The number of anilines is 2. The zero-order chi connectivity index (χ0) is 16.5. The predicted molar refractivity (Wildman–Crippen MR) is 90.2 cm³/mol. The average molecular weight is 312 g/mol. The van der Waals surface area contributed by atoms with Crippen LogP contribution in [0.25, 0.3) is 0 Å². The first kappa shape index (κ1) is 16.7. The smallest absolute Gasteiger partial charge is 0.228 e. The molecule has 3 N–H and O–H groups in total. The second kappa shape index (κ2) is 8.70. The van der Waals surface area contributed by atoms with E-state index in [2.05, 4.69) is 10.6 Å². The summed E-state index contributed by atoms with van der Waals surface area (Å²) in [5, 5.41) is 14.3. The van der Waals surface area contributed by atoms with Gasteiger partial charge >= 0.3 is 0 Å². The minimum absolute atomic E-state index is 0.0109. The molecule has 0 aromatic heterocycles. The van der Waals surface area contributed by atoms with Crippen LogP contribution < -0.4 is 10.6 Å². The number of rotatable bonds is 7. The number of benzene rings is 2. The van der Waals surface area contributed by atoms with Crippen molar-refractivity contribution in [3.8, 4) is 0 Å². The van der Waals surface area contributed by atoms with Crippen LogP contribution in [-0.4, -0.2) is 23.5 Å². The lowest BCUT2D eigenvalue weighted by Crippen LogP contribution is -2.15. The summed E-state index contributed by atoms with van der Waals surface area (Å²) in [6, 6.07) is 16.5. The van der Waals surface area contributed by atoms with Crippen molar-refractivity contribution in [1.82, 2.24) is 0 Å². The first-order valence-corrected chi connectivity index (χ1v) is 7.52. The molecule has 5 heteroatoms. The van der Waals surface area contributed by atoms with Crippen molar-refractivity contribution >= 4 is 23.2 Å². The second-order valence-corrected chi connectivity index (χ2v) is 5.17. The van der Waals surface area contributed by atoms with E-state index in [1.807, 2.05) is 30.3 Å². The molecule has 0 aliphatic carbocycles. The number of amides is 2. The summed E-state index contributed by atoms with van der Waals surface area (Å²) in [5.41, 5.74) is 2.19. The summed E-state index contributed by atoms with van der Waals surface area (Å²) in [6.45, 7) is -0.0109. The summed E-state index contributed by atoms with van der Waals surface area (Å²) >= 11 is 0. The average Bonchev–Trinajstić information content (AvgIpc) is 2.54. The first-order chi connectivity index (χ1) is 11.2. The fourth-order valence-electron chi connectivity index (χ4n) is 2.12. The van der Waals surface area contributed by atoms with E-state index in [1.54, 1.807) is 24.3 Å². The highest BCUT2D eigenvalue weighted by Crippen LogP contribution is 2.16. The Kier molecular flexibility index (Phi) is 6.32. The molecule has 0 spiro atoms. The monoisotopic (exact) mass is 312 g/mol. The lowest BCUT2D eigenvalue weighted by atomic mass is 10.1. The third kappa shape index (κ3) is 5.92. The van der Waals surface area contributed by atoms with E-state index >= 15 is 0 Å². The van der Waals surface area contributed by atoms with E-state index in [4.69, 9.17) is 5.11 Å². The standard InChI is InChI=1S/C18H20N2O3/c21-11-5-10-17(22)19-15-8-4-9-16(13-15)20-18(23)12-14-6-2-1-3-7-14/h1-4,6-9,13,21H,5,10-12H2,(H,19,22)(H,20,23). The molecule has 0 aliphatic heterocycles. The maximum Gasteiger partial charge on any atom is 0.228 e. The number of nitrogens with one attached hydrogen (secondary N) is 2.